The average molecular weight is 256 g/mol. The Morgan fingerprint density at radius 1 is 1.11 bits per heavy atom. The zero-order valence-electron chi connectivity index (χ0n) is 11.5. The van der Waals surface area contributed by atoms with Crippen molar-refractivity contribution in [1.29, 1.82) is 0 Å². The lowest BCUT2D eigenvalue weighted by atomic mass is 10.2. The molecule has 0 radical (unpaired) electrons. The summed E-state index contributed by atoms with van der Waals surface area (Å²) in [4.78, 5) is 4.48. The van der Waals surface area contributed by atoms with Crippen molar-refractivity contribution in [3.8, 4) is 5.75 Å². The van der Waals surface area contributed by atoms with Crippen LogP contribution in [-0.4, -0.2) is 11.5 Å². The molecule has 100 valence electrons. The number of nitrogens with one attached hydrogen (secondary N) is 1. The third-order valence-corrected chi connectivity index (χ3v) is 2.86. The number of hydrogen-bond acceptors (Lipinski definition) is 3. The van der Waals surface area contributed by atoms with Crippen LogP contribution in [0.1, 0.15) is 25.1 Å². The highest BCUT2D eigenvalue weighted by Gasteiger charge is 2.00. The zero-order valence-corrected chi connectivity index (χ0v) is 11.5. The number of aryl methyl sites for hydroxylation is 1. The second kappa shape index (κ2) is 6.78. The molecule has 0 aliphatic heterocycles. The van der Waals surface area contributed by atoms with Crippen molar-refractivity contribution in [2.45, 2.75) is 26.9 Å². The third kappa shape index (κ3) is 3.98. The van der Waals surface area contributed by atoms with E-state index in [0.717, 1.165) is 30.2 Å². The number of ether oxygens (including phenoxy) is 1. The molecule has 1 aromatic carbocycles. The van der Waals surface area contributed by atoms with Crippen LogP contribution in [0.25, 0.3) is 0 Å². The Kier molecular flexibility index (Phi) is 4.78. The molecule has 1 heterocycles. The van der Waals surface area contributed by atoms with Gasteiger partial charge in [0.25, 0.3) is 0 Å². The van der Waals surface area contributed by atoms with Crippen LogP contribution in [0.5, 0.6) is 5.75 Å². The van der Waals surface area contributed by atoms with E-state index in [-0.39, 0.29) is 0 Å². The smallest absolute Gasteiger partial charge is 0.130 e. The Balaban J connectivity index is 1.99. The van der Waals surface area contributed by atoms with Crippen molar-refractivity contribution in [3.63, 3.8) is 0 Å². The van der Waals surface area contributed by atoms with Crippen molar-refractivity contribution in [3.05, 3.63) is 53.7 Å². The number of rotatable bonds is 6. The minimum absolute atomic E-state index is 0.492. The first-order valence-corrected chi connectivity index (χ1v) is 6.73. The summed E-state index contributed by atoms with van der Waals surface area (Å²) >= 11 is 0. The Bertz CT molecular complexity index is 526. The van der Waals surface area contributed by atoms with Crippen LogP contribution in [0, 0.1) is 0 Å². The number of hydrogen-bond donors (Lipinski definition) is 1. The molecule has 19 heavy (non-hydrogen) atoms. The Labute approximate surface area is 114 Å². The first-order chi connectivity index (χ1) is 9.31. The van der Waals surface area contributed by atoms with Crippen molar-refractivity contribution < 1.29 is 4.74 Å². The van der Waals surface area contributed by atoms with Crippen molar-refractivity contribution in [1.82, 2.24) is 4.98 Å². The molecule has 0 bridgehead atoms. The van der Waals surface area contributed by atoms with E-state index in [4.69, 9.17) is 4.74 Å². The van der Waals surface area contributed by atoms with Gasteiger partial charge < -0.3 is 10.1 Å². The van der Waals surface area contributed by atoms with E-state index in [1.54, 1.807) is 0 Å². The molecule has 0 atom stereocenters. The van der Waals surface area contributed by atoms with E-state index in [2.05, 4.69) is 36.3 Å². The summed E-state index contributed by atoms with van der Waals surface area (Å²) in [7, 11) is 0. The summed E-state index contributed by atoms with van der Waals surface area (Å²) in [5.74, 6) is 1.79. The Morgan fingerprint density at radius 2 is 1.95 bits per heavy atom. The van der Waals surface area contributed by atoms with Gasteiger partial charge in [0.1, 0.15) is 18.2 Å². The fraction of sp³-hybridized carbons (Fsp3) is 0.312. The van der Waals surface area contributed by atoms with E-state index < -0.39 is 0 Å². The molecule has 3 heteroatoms. The lowest BCUT2D eigenvalue weighted by Gasteiger charge is -2.08. The minimum Gasteiger partial charge on any atom is -0.487 e. The van der Waals surface area contributed by atoms with E-state index in [9.17, 15) is 0 Å². The van der Waals surface area contributed by atoms with Gasteiger partial charge in [0.05, 0.1) is 5.69 Å². The predicted octanol–water partition coefficient (Wildman–Crippen LogP) is 3.65. The Hall–Kier alpha value is -2.03. The quantitative estimate of drug-likeness (QED) is 0.856. The minimum atomic E-state index is 0.492. The normalized spacial score (nSPS) is 10.2. The average Bonchev–Trinajstić information content (AvgIpc) is 2.46. The lowest BCUT2D eigenvalue weighted by Crippen LogP contribution is -2.03. The first-order valence-electron chi connectivity index (χ1n) is 6.73. The molecule has 3 nitrogen and oxygen atoms in total. The fourth-order valence-corrected chi connectivity index (χ4v) is 1.85. The maximum Gasteiger partial charge on any atom is 0.130 e. The summed E-state index contributed by atoms with van der Waals surface area (Å²) in [6.45, 7) is 5.56. The number of nitrogens with zero attached hydrogens (tertiary/aromatic N) is 1. The molecular weight excluding hydrogens is 236 g/mol. The summed E-state index contributed by atoms with van der Waals surface area (Å²) in [5, 5.41) is 3.20. The number of anilines is 1. The van der Waals surface area contributed by atoms with E-state index in [0.29, 0.717) is 6.61 Å². The summed E-state index contributed by atoms with van der Waals surface area (Å²) in [6.07, 6.45) is 1.02. The number of pyridine rings is 1. The SMILES string of the molecule is CCNc1cccc(COc2cccc(CC)c2)n1. The first kappa shape index (κ1) is 13.4. The number of aromatic nitrogens is 1. The van der Waals surface area contributed by atoms with Crippen molar-refractivity contribution in [2.24, 2.45) is 0 Å². The van der Waals surface area contributed by atoms with E-state index >= 15 is 0 Å². The van der Waals surface area contributed by atoms with Crippen molar-refractivity contribution in [2.75, 3.05) is 11.9 Å². The molecule has 0 saturated carbocycles. The number of benzene rings is 1. The van der Waals surface area contributed by atoms with Gasteiger partial charge in [0.15, 0.2) is 0 Å². The maximum absolute atomic E-state index is 5.78. The molecule has 0 spiro atoms. The van der Waals surface area contributed by atoms with Crippen LogP contribution in [0.4, 0.5) is 5.82 Å². The van der Waals surface area contributed by atoms with Gasteiger partial charge in [-0.15, -0.1) is 0 Å². The van der Waals surface area contributed by atoms with Crippen LogP contribution < -0.4 is 10.1 Å². The Morgan fingerprint density at radius 3 is 2.74 bits per heavy atom. The molecule has 0 fully saturated rings. The van der Waals surface area contributed by atoms with Crippen LogP contribution in [0.2, 0.25) is 0 Å². The van der Waals surface area contributed by atoms with E-state index in [1.165, 1.54) is 5.56 Å². The predicted molar refractivity (Wildman–Crippen MR) is 78.6 cm³/mol. The van der Waals surface area contributed by atoms with Gasteiger partial charge >= 0.3 is 0 Å². The lowest BCUT2D eigenvalue weighted by molar-refractivity contribution is 0.301. The largest absolute Gasteiger partial charge is 0.487 e. The monoisotopic (exact) mass is 256 g/mol. The fourth-order valence-electron chi connectivity index (χ4n) is 1.85. The van der Waals surface area contributed by atoms with Gasteiger partial charge in [-0.3, -0.25) is 0 Å². The summed E-state index contributed by atoms with van der Waals surface area (Å²) < 4.78 is 5.78. The zero-order chi connectivity index (χ0) is 13.5. The maximum atomic E-state index is 5.78. The molecule has 0 aliphatic carbocycles. The molecule has 0 saturated heterocycles. The van der Waals surface area contributed by atoms with Gasteiger partial charge in [0.2, 0.25) is 0 Å². The van der Waals surface area contributed by atoms with E-state index in [1.807, 2.05) is 30.3 Å². The molecule has 2 aromatic rings. The van der Waals surface area contributed by atoms with Crippen LogP contribution in [0.15, 0.2) is 42.5 Å². The van der Waals surface area contributed by atoms with Gasteiger partial charge in [0, 0.05) is 6.54 Å². The van der Waals surface area contributed by atoms with Crippen LogP contribution in [-0.2, 0) is 13.0 Å². The molecule has 0 aliphatic rings. The molecule has 0 amide bonds. The molecule has 0 unspecified atom stereocenters. The van der Waals surface area contributed by atoms with Crippen LogP contribution in [0.3, 0.4) is 0 Å². The standard InChI is InChI=1S/C16H20N2O/c1-3-13-7-5-9-15(11-13)19-12-14-8-6-10-16(18-14)17-4-2/h5-11H,3-4,12H2,1-2H3,(H,17,18). The van der Waals surface area contributed by atoms with Crippen LogP contribution >= 0.6 is 0 Å². The van der Waals surface area contributed by atoms with Gasteiger partial charge in [-0.05, 0) is 43.2 Å². The highest BCUT2D eigenvalue weighted by Crippen LogP contribution is 2.15. The molecule has 1 N–H and O–H groups in total. The molecular formula is C16H20N2O. The second-order valence-electron chi connectivity index (χ2n) is 4.33. The highest BCUT2D eigenvalue weighted by molar-refractivity contribution is 5.35. The highest BCUT2D eigenvalue weighted by atomic mass is 16.5. The summed E-state index contributed by atoms with van der Waals surface area (Å²) in [6, 6.07) is 14.1. The van der Waals surface area contributed by atoms with Gasteiger partial charge in [-0.1, -0.05) is 25.1 Å². The van der Waals surface area contributed by atoms with Crippen molar-refractivity contribution >= 4 is 5.82 Å². The van der Waals surface area contributed by atoms with Gasteiger partial charge in [-0.2, -0.15) is 0 Å². The molecule has 2 rings (SSSR count). The topological polar surface area (TPSA) is 34.1 Å². The third-order valence-electron chi connectivity index (χ3n) is 2.86. The second-order valence-corrected chi connectivity index (χ2v) is 4.33. The molecule has 1 aromatic heterocycles. The summed E-state index contributed by atoms with van der Waals surface area (Å²) in [5.41, 5.74) is 2.22. The van der Waals surface area contributed by atoms with Gasteiger partial charge in [-0.25, -0.2) is 4.98 Å².